The van der Waals surface area contributed by atoms with Crippen LogP contribution in [0.2, 0.25) is 0 Å². The van der Waals surface area contributed by atoms with Gasteiger partial charge in [0.05, 0.1) is 30.7 Å². The molecule has 43 nitrogen and oxygen atoms in total. The van der Waals surface area contributed by atoms with Gasteiger partial charge in [0.15, 0.2) is 76.6 Å². The summed E-state index contributed by atoms with van der Waals surface area (Å²) in [5.41, 5.74) is 101. The summed E-state index contributed by atoms with van der Waals surface area (Å²) < 4.78 is 0. The van der Waals surface area contributed by atoms with E-state index in [1.165, 1.54) is 13.8 Å². The lowest BCUT2D eigenvalue weighted by Crippen LogP contribution is -2.49. The van der Waals surface area contributed by atoms with Crippen molar-refractivity contribution in [2.45, 2.75) is 199 Å². The van der Waals surface area contributed by atoms with Crippen LogP contribution in [0.25, 0.3) is 0 Å². The molecule has 43 heteroatoms. The van der Waals surface area contributed by atoms with Gasteiger partial charge in [0, 0.05) is 126 Å². The second kappa shape index (κ2) is 57.1. The van der Waals surface area contributed by atoms with E-state index in [1.54, 1.807) is 0 Å². The normalized spacial score (nSPS) is 13.6. The quantitative estimate of drug-likeness (QED) is 0.0153. The molecule has 622 valence electrons. The smallest absolute Gasteiger partial charge is 0.224 e. The van der Waals surface area contributed by atoms with Gasteiger partial charge in [0.2, 0.25) is 35.4 Å². The van der Waals surface area contributed by atoms with Crippen LogP contribution in [0.4, 0.5) is 0 Å². The summed E-state index contributed by atoms with van der Waals surface area (Å²) in [4.78, 5) is 201. The number of carbonyl (C=O) groups excluding carboxylic acids is 12. The van der Waals surface area contributed by atoms with Crippen LogP contribution in [-0.4, -0.2) is 207 Å². The second-order valence-corrected chi connectivity index (χ2v) is 27.0. The Hall–Kier alpha value is -11.0. The van der Waals surface area contributed by atoms with E-state index >= 15 is 9.59 Å². The van der Waals surface area contributed by atoms with Crippen molar-refractivity contribution in [3.8, 4) is 0 Å². The van der Waals surface area contributed by atoms with Crippen LogP contribution in [-0.2, 0) is 57.5 Å². The van der Waals surface area contributed by atoms with Crippen LogP contribution < -0.4 is 130 Å². The molecule has 0 aliphatic heterocycles. The van der Waals surface area contributed by atoms with Gasteiger partial charge in [-0.3, -0.25) is 92.7 Å². The zero-order valence-electron chi connectivity index (χ0n) is 63.9. The minimum atomic E-state index is -1.43. The molecule has 10 atom stereocenters. The summed E-state index contributed by atoms with van der Waals surface area (Å²) in [7, 11) is 0. The number of hydrogen-bond donors (Lipinski definition) is 23. The maximum Gasteiger partial charge on any atom is 0.224 e. The molecule has 0 radical (unpaired) electrons. The van der Waals surface area contributed by atoms with Crippen LogP contribution in [0, 0.1) is 35.5 Å². The molecular weight excluding hydrogens is 1430 g/mol. The molecular formula is C67H127N31O12. The van der Waals surface area contributed by atoms with Gasteiger partial charge < -0.3 is 135 Å². The van der Waals surface area contributed by atoms with Crippen molar-refractivity contribution < 1.29 is 57.5 Å². The molecule has 110 heavy (non-hydrogen) atoms. The second-order valence-electron chi connectivity index (χ2n) is 27.0. The minimum absolute atomic E-state index is 0.000715. The number of Topliss-reactive ketones (excluding diaryl/α,β-unsaturated/α-hetero) is 6. The zero-order valence-corrected chi connectivity index (χ0v) is 63.9. The van der Waals surface area contributed by atoms with Crippen molar-refractivity contribution in [2.75, 3.05) is 65.4 Å². The topological polar surface area (TPSA) is 832 Å². The van der Waals surface area contributed by atoms with E-state index in [1.807, 2.05) is 0 Å². The van der Waals surface area contributed by atoms with Crippen molar-refractivity contribution in [3.05, 3.63) is 0 Å². The molecule has 0 aliphatic carbocycles. The average molecular weight is 1560 g/mol. The lowest BCUT2D eigenvalue weighted by Gasteiger charge is -2.27. The van der Waals surface area contributed by atoms with Gasteiger partial charge in [-0.2, -0.15) is 0 Å². The van der Waals surface area contributed by atoms with Gasteiger partial charge in [0.1, 0.15) is 5.78 Å². The summed E-state index contributed by atoms with van der Waals surface area (Å²) in [5, 5.41) is 13.6. The van der Waals surface area contributed by atoms with E-state index in [2.05, 4.69) is 66.5 Å². The first-order chi connectivity index (χ1) is 51.9. The Bertz CT molecular complexity index is 3180. The predicted molar refractivity (Wildman–Crippen MR) is 422 cm³/mol. The van der Waals surface area contributed by atoms with Gasteiger partial charge in [-0.05, 0) is 129 Å². The summed E-state index contributed by atoms with van der Waals surface area (Å²) in [5.74, 6) is -16.4. The number of unbranched alkanes of at least 4 members (excludes halogenated alkanes) is 1. The highest BCUT2D eigenvalue weighted by Crippen LogP contribution is 2.24. The number of carbonyl (C=O) groups is 12. The highest BCUT2D eigenvalue weighted by Gasteiger charge is 2.36. The predicted octanol–water partition coefficient (Wildman–Crippen LogP) is -7.42. The number of rotatable bonds is 64. The average Bonchev–Trinajstić information content (AvgIpc) is 0.776. The highest BCUT2D eigenvalue weighted by atomic mass is 16.2. The molecule has 0 bridgehead atoms. The van der Waals surface area contributed by atoms with Crippen LogP contribution in [0.5, 0.6) is 0 Å². The van der Waals surface area contributed by atoms with E-state index in [0.29, 0.717) is 19.4 Å². The largest absolute Gasteiger partial charge is 0.370 e. The molecule has 0 heterocycles. The first kappa shape index (κ1) is 99.0. The number of nitrogens with zero attached hydrogens (tertiary/aromatic N) is 8. The standard InChI is InChI=1S/C67H127N31O12/c1-38(31-39(2)99)55(106)94-37-45(100)32-41(14-5-23-86-60(70)71)56(107)95-47(19-10-28-91-65(80)81)51(102)34-43(16-7-25-88-62(74)75)58(109)97-49(21-12-30-93-67(84)85)53(104)36-44(17-8-26-89-63(76)77)59(110)98-48(20-11-29-92-66(82)83)52(103)35-42(15-6-24-87-61(72)73)57(108)96-46(18-9-27-90-64(78)79)50(101)33-40(54(69)105)13-3-4-22-68/h38,40-44,46-49H,3-37,68H2,1-2H3,(H2,69,105)(H,94,106)(H,95,107)(H,96,108)(H,97,109)(H,98,110)(H4,70,71,86)(H4,72,73,87)(H4,74,75,88)(H4,76,77,89)(H4,78,79,90)(H4,80,81,91)(H4,82,83,92)(H4,84,85,93)/t38-,40+,41+,42+,43+,44+,46-,47-,48-,49-/m1/s1. The minimum Gasteiger partial charge on any atom is -0.370 e. The fraction of sp³-hybridized carbons (Fsp3) is 0.701. The highest BCUT2D eigenvalue weighted by molar-refractivity contribution is 5.99. The van der Waals surface area contributed by atoms with E-state index in [-0.39, 0.29) is 228 Å². The van der Waals surface area contributed by atoms with E-state index < -0.39 is 156 Å². The molecule has 0 fully saturated rings. The number of ketones is 6. The zero-order chi connectivity index (χ0) is 83.3. The molecule has 0 aromatic carbocycles. The summed E-state index contributed by atoms with van der Waals surface area (Å²) in [6, 6.07) is -5.39. The monoisotopic (exact) mass is 1560 g/mol. The molecule has 0 rings (SSSR count). The van der Waals surface area contributed by atoms with Gasteiger partial charge in [-0.25, -0.2) is 0 Å². The number of nitrogens with two attached hydrogens (primary N) is 18. The Balaban J connectivity index is 7.97. The third-order valence-electron chi connectivity index (χ3n) is 17.3. The Morgan fingerprint density at radius 2 is 0.509 bits per heavy atom. The van der Waals surface area contributed by atoms with Gasteiger partial charge in [-0.1, -0.05) is 13.3 Å². The van der Waals surface area contributed by atoms with Gasteiger partial charge in [-0.15, -0.1) is 0 Å². The summed E-state index contributed by atoms with van der Waals surface area (Å²) in [6.07, 6.45) is -0.827. The number of nitrogens with one attached hydrogen (secondary N) is 5. The molecule has 41 N–H and O–H groups in total. The first-order valence-corrected chi connectivity index (χ1v) is 36.9. The van der Waals surface area contributed by atoms with Crippen LogP contribution in [0.3, 0.4) is 0 Å². The number of aliphatic imine (C=N–C) groups is 8. The Morgan fingerprint density at radius 3 is 0.736 bits per heavy atom. The first-order valence-electron chi connectivity index (χ1n) is 36.9. The van der Waals surface area contributed by atoms with E-state index in [9.17, 15) is 47.9 Å². The van der Waals surface area contributed by atoms with Crippen molar-refractivity contribution in [2.24, 2.45) is 179 Å². The lowest BCUT2D eigenvalue weighted by molar-refractivity contribution is -0.136. The van der Waals surface area contributed by atoms with Gasteiger partial charge in [0.25, 0.3) is 0 Å². The maximum atomic E-state index is 15.1. The number of amides is 6. The van der Waals surface area contributed by atoms with Crippen molar-refractivity contribution >= 4 is 118 Å². The maximum absolute atomic E-state index is 15.1. The molecule has 0 saturated heterocycles. The van der Waals surface area contributed by atoms with Gasteiger partial charge >= 0.3 is 0 Å². The van der Waals surface area contributed by atoms with E-state index in [0.717, 1.165) is 0 Å². The van der Waals surface area contributed by atoms with Crippen LogP contribution >= 0.6 is 0 Å². The SMILES string of the molecule is CC(=O)C[C@@H](C)C(=O)NCC(=O)C[C@H](CCCN=C(N)N)C(=O)N[C@H](CCCN=C(N)N)C(=O)C[C@H](CCCN=C(N)N)C(=O)N[C@H](CCCN=C(N)N)C(=O)C[C@H](CCCN=C(N)N)C(=O)N[C@H](CCCN=C(N)N)C(=O)C[C@H](CCCN=C(N)N)C(=O)N[C@H](CCCN=C(N)N)C(=O)C[C@H](CCCCN)C(N)=O. The molecule has 0 aliphatic rings. The molecule has 0 spiro atoms. The Kier molecular flexibility index (Phi) is 51.4. The Labute approximate surface area is 642 Å². The number of hydrogen-bond acceptors (Lipinski definition) is 21. The molecule has 0 unspecified atom stereocenters. The van der Waals surface area contributed by atoms with Crippen LogP contribution in [0.1, 0.15) is 174 Å². The fourth-order valence-electron chi connectivity index (χ4n) is 11.6. The number of primary amides is 1. The van der Waals surface area contributed by atoms with Crippen molar-refractivity contribution in [1.29, 1.82) is 0 Å². The fourth-order valence-corrected chi connectivity index (χ4v) is 11.6. The van der Waals surface area contributed by atoms with Crippen LogP contribution in [0.15, 0.2) is 39.9 Å². The van der Waals surface area contributed by atoms with E-state index in [4.69, 9.17) is 103 Å². The van der Waals surface area contributed by atoms with Crippen molar-refractivity contribution in [3.63, 3.8) is 0 Å². The molecule has 0 aromatic rings. The third kappa shape index (κ3) is 49.0. The summed E-state index contributed by atoms with van der Waals surface area (Å²) >= 11 is 0. The Morgan fingerprint density at radius 1 is 0.282 bits per heavy atom. The summed E-state index contributed by atoms with van der Waals surface area (Å²) in [6.45, 7) is 2.71. The molecule has 0 saturated carbocycles. The molecule has 6 amide bonds. The third-order valence-corrected chi connectivity index (χ3v) is 17.3. The van der Waals surface area contributed by atoms with Crippen molar-refractivity contribution in [1.82, 2.24) is 26.6 Å². The molecule has 0 aromatic heterocycles. The number of guanidine groups is 8. The lowest BCUT2D eigenvalue weighted by atomic mass is 9.88.